The van der Waals surface area contributed by atoms with Crippen LogP contribution in [0.3, 0.4) is 0 Å². The van der Waals surface area contributed by atoms with Crippen molar-refractivity contribution in [3.8, 4) is 11.5 Å². The zero-order valence-corrected chi connectivity index (χ0v) is 12.2. The Bertz CT molecular complexity index is 366. The Morgan fingerprint density at radius 3 is 2.53 bits per heavy atom. The van der Waals surface area contributed by atoms with Gasteiger partial charge in [-0.2, -0.15) is 5.06 Å². The molecule has 0 aromatic rings. The summed E-state index contributed by atoms with van der Waals surface area (Å²) in [7, 11) is -1.43. The molecule has 2 rings (SSSR count). The summed E-state index contributed by atoms with van der Waals surface area (Å²) in [4.78, 5) is 0. The van der Waals surface area contributed by atoms with Gasteiger partial charge in [-0.3, -0.25) is 0 Å². The van der Waals surface area contributed by atoms with Gasteiger partial charge in [-0.15, -0.1) is 5.54 Å². The van der Waals surface area contributed by atoms with Crippen LogP contribution in [-0.4, -0.2) is 48.9 Å². The monoisotopic (exact) mass is 255 g/mol. The molecule has 2 aliphatic heterocycles. The standard InChI is InChI=1S/C12H21NO3Si/c1-12(2)15-10-8-13(14)9(11(10)16-12)6-7-17(3,4)5/h9-11,14H,8H2,1-5H3/t9-,10+,11-/m0/s1. The van der Waals surface area contributed by atoms with Crippen LogP contribution in [0.15, 0.2) is 0 Å². The first-order chi connectivity index (χ1) is 7.68. The smallest absolute Gasteiger partial charge is 0.163 e. The van der Waals surface area contributed by atoms with E-state index in [1.165, 1.54) is 5.06 Å². The second-order valence-electron chi connectivity index (χ2n) is 6.22. The highest BCUT2D eigenvalue weighted by molar-refractivity contribution is 6.83. The highest BCUT2D eigenvalue weighted by Gasteiger charge is 2.52. The molecule has 96 valence electrons. The number of hydroxylamine groups is 2. The van der Waals surface area contributed by atoms with E-state index in [1.807, 2.05) is 13.8 Å². The first kappa shape index (κ1) is 13.1. The largest absolute Gasteiger partial charge is 0.343 e. The summed E-state index contributed by atoms with van der Waals surface area (Å²) in [5, 5.41) is 11.1. The zero-order valence-electron chi connectivity index (χ0n) is 11.2. The quantitative estimate of drug-likeness (QED) is 0.525. The average Bonchev–Trinajstić information content (AvgIpc) is 2.51. The van der Waals surface area contributed by atoms with Gasteiger partial charge >= 0.3 is 0 Å². The molecule has 17 heavy (non-hydrogen) atoms. The Balaban J connectivity index is 2.14. The van der Waals surface area contributed by atoms with Gasteiger partial charge < -0.3 is 14.7 Å². The van der Waals surface area contributed by atoms with Gasteiger partial charge in [0.05, 0.1) is 6.54 Å². The molecule has 0 spiro atoms. The Morgan fingerprint density at radius 2 is 1.94 bits per heavy atom. The molecule has 2 aliphatic rings. The van der Waals surface area contributed by atoms with Crippen LogP contribution in [0.1, 0.15) is 13.8 Å². The molecule has 0 bridgehead atoms. The van der Waals surface area contributed by atoms with Gasteiger partial charge in [0.15, 0.2) is 5.79 Å². The molecule has 0 amide bonds. The van der Waals surface area contributed by atoms with Crippen LogP contribution < -0.4 is 0 Å². The molecule has 0 unspecified atom stereocenters. The molecule has 0 saturated carbocycles. The van der Waals surface area contributed by atoms with E-state index >= 15 is 0 Å². The highest BCUT2D eigenvalue weighted by atomic mass is 28.3. The van der Waals surface area contributed by atoms with Crippen molar-refractivity contribution in [3.63, 3.8) is 0 Å². The molecule has 4 nitrogen and oxygen atoms in total. The van der Waals surface area contributed by atoms with Crippen molar-refractivity contribution in [2.45, 2.75) is 57.5 Å². The van der Waals surface area contributed by atoms with E-state index in [-0.39, 0.29) is 18.2 Å². The maximum Gasteiger partial charge on any atom is 0.163 e. The Kier molecular flexibility index (Phi) is 3.13. The molecule has 2 fully saturated rings. The minimum atomic E-state index is -1.43. The Hall–Kier alpha value is -0.383. The van der Waals surface area contributed by atoms with Crippen LogP contribution in [0.4, 0.5) is 0 Å². The number of rotatable bonds is 0. The van der Waals surface area contributed by atoms with Gasteiger partial charge in [-0.25, -0.2) is 0 Å². The predicted octanol–water partition coefficient (Wildman–Crippen LogP) is 1.46. The summed E-state index contributed by atoms with van der Waals surface area (Å²) in [5.41, 5.74) is 3.29. The third-order valence-electron chi connectivity index (χ3n) is 2.82. The van der Waals surface area contributed by atoms with Gasteiger partial charge in [0.2, 0.25) is 0 Å². The molecule has 0 radical (unpaired) electrons. The molecule has 5 heteroatoms. The third kappa shape index (κ3) is 2.90. The van der Waals surface area contributed by atoms with E-state index < -0.39 is 13.9 Å². The van der Waals surface area contributed by atoms with Crippen molar-refractivity contribution in [2.24, 2.45) is 0 Å². The summed E-state index contributed by atoms with van der Waals surface area (Å²) in [5.74, 6) is 2.60. The topological polar surface area (TPSA) is 41.9 Å². The lowest BCUT2D eigenvalue weighted by molar-refractivity contribution is -0.189. The Labute approximate surface area is 104 Å². The summed E-state index contributed by atoms with van der Waals surface area (Å²) in [6, 6.07) is -0.256. The van der Waals surface area contributed by atoms with Crippen LogP contribution in [0.5, 0.6) is 0 Å². The summed E-state index contributed by atoms with van der Waals surface area (Å²) < 4.78 is 11.5. The van der Waals surface area contributed by atoms with E-state index in [4.69, 9.17) is 9.47 Å². The van der Waals surface area contributed by atoms with Crippen molar-refractivity contribution >= 4 is 8.07 Å². The summed E-state index contributed by atoms with van der Waals surface area (Å²) >= 11 is 0. The minimum absolute atomic E-state index is 0.0732. The normalized spacial score (nSPS) is 36.5. The van der Waals surface area contributed by atoms with E-state index in [9.17, 15) is 5.21 Å². The lowest BCUT2D eigenvalue weighted by Gasteiger charge is -2.23. The summed E-state index contributed by atoms with van der Waals surface area (Å²) in [6.45, 7) is 10.8. The average molecular weight is 255 g/mol. The third-order valence-corrected chi connectivity index (χ3v) is 3.71. The molecule has 0 aromatic carbocycles. The van der Waals surface area contributed by atoms with E-state index in [0.29, 0.717) is 6.54 Å². The highest BCUT2D eigenvalue weighted by Crippen LogP contribution is 2.35. The predicted molar refractivity (Wildman–Crippen MR) is 67.2 cm³/mol. The molecule has 3 atom stereocenters. The molecule has 2 heterocycles. The second-order valence-corrected chi connectivity index (χ2v) is 11.0. The van der Waals surface area contributed by atoms with E-state index in [1.54, 1.807) is 0 Å². The SMILES string of the molecule is CC1(C)O[C@@H]2[C@@H](CN(O)[C@H]2C#C[Si](C)(C)C)O1. The number of hydrogen-bond acceptors (Lipinski definition) is 4. The molecular weight excluding hydrogens is 234 g/mol. The lowest BCUT2D eigenvalue weighted by Crippen LogP contribution is -2.36. The number of fused-ring (bicyclic) bond motifs is 1. The van der Waals surface area contributed by atoms with Crippen molar-refractivity contribution in [1.29, 1.82) is 0 Å². The van der Waals surface area contributed by atoms with Crippen LogP contribution in [-0.2, 0) is 9.47 Å². The van der Waals surface area contributed by atoms with Gasteiger partial charge in [0, 0.05) is 0 Å². The number of nitrogens with zero attached hydrogens (tertiary/aromatic N) is 1. The van der Waals surface area contributed by atoms with Crippen LogP contribution in [0.25, 0.3) is 0 Å². The molecule has 2 saturated heterocycles. The number of ether oxygens (including phenoxy) is 2. The Morgan fingerprint density at radius 1 is 1.29 bits per heavy atom. The fraction of sp³-hybridized carbons (Fsp3) is 0.833. The van der Waals surface area contributed by atoms with Crippen molar-refractivity contribution in [2.75, 3.05) is 6.54 Å². The zero-order chi connectivity index (χ0) is 12.8. The molecular formula is C12H21NO3Si. The first-order valence-corrected chi connectivity index (χ1v) is 9.52. The minimum Gasteiger partial charge on any atom is -0.343 e. The fourth-order valence-corrected chi connectivity index (χ4v) is 2.77. The van der Waals surface area contributed by atoms with E-state index in [0.717, 1.165) is 0 Å². The van der Waals surface area contributed by atoms with Crippen LogP contribution >= 0.6 is 0 Å². The fourth-order valence-electron chi connectivity index (χ4n) is 2.19. The number of hydrogen-bond donors (Lipinski definition) is 1. The maximum atomic E-state index is 9.85. The first-order valence-electron chi connectivity index (χ1n) is 6.02. The maximum absolute atomic E-state index is 9.85. The van der Waals surface area contributed by atoms with Gasteiger partial charge in [-0.1, -0.05) is 25.6 Å². The molecule has 0 aliphatic carbocycles. The van der Waals surface area contributed by atoms with Crippen molar-refractivity contribution in [1.82, 2.24) is 5.06 Å². The van der Waals surface area contributed by atoms with Gasteiger partial charge in [0.1, 0.15) is 26.3 Å². The van der Waals surface area contributed by atoms with Crippen LogP contribution in [0, 0.1) is 11.5 Å². The van der Waals surface area contributed by atoms with Crippen LogP contribution in [0.2, 0.25) is 19.6 Å². The van der Waals surface area contributed by atoms with Gasteiger partial charge in [-0.05, 0) is 13.8 Å². The van der Waals surface area contributed by atoms with Crippen molar-refractivity contribution < 1.29 is 14.7 Å². The second kappa shape index (κ2) is 4.07. The van der Waals surface area contributed by atoms with Gasteiger partial charge in [0.25, 0.3) is 0 Å². The molecule has 0 aromatic heterocycles. The summed E-state index contributed by atoms with van der Waals surface area (Å²) in [6.07, 6.45) is -0.213. The van der Waals surface area contributed by atoms with Crippen molar-refractivity contribution in [3.05, 3.63) is 0 Å². The lowest BCUT2D eigenvalue weighted by atomic mass is 10.1. The van der Waals surface area contributed by atoms with E-state index in [2.05, 4.69) is 31.1 Å². The molecule has 1 N–H and O–H groups in total.